The van der Waals surface area contributed by atoms with Crippen LogP contribution in [0.2, 0.25) is 0 Å². The second kappa shape index (κ2) is 7.69. The first-order valence-electron chi connectivity index (χ1n) is 6.27. The second-order valence-corrected chi connectivity index (χ2v) is 4.40. The molecule has 19 heavy (non-hydrogen) atoms. The van der Waals surface area contributed by atoms with Gasteiger partial charge in [-0.2, -0.15) is 0 Å². The van der Waals surface area contributed by atoms with Crippen LogP contribution in [-0.4, -0.2) is 31.6 Å². The van der Waals surface area contributed by atoms with E-state index in [9.17, 15) is 9.18 Å². The van der Waals surface area contributed by atoms with Crippen LogP contribution < -0.4 is 0 Å². The van der Waals surface area contributed by atoms with Gasteiger partial charge in [0.25, 0.3) is 0 Å². The molecule has 0 spiro atoms. The Kier molecular flexibility index (Phi) is 6.22. The molecule has 0 atom stereocenters. The summed E-state index contributed by atoms with van der Waals surface area (Å²) >= 11 is 0. The van der Waals surface area contributed by atoms with Gasteiger partial charge in [-0.15, -0.1) is 0 Å². The van der Waals surface area contributed by atoms with Gasteiger partial charge in [-0.05, 0) is 31.2 Å². The quantitative estimate of drug-likeness (QED) is 0.585. The Balaban J connectivity index is 2.55. The Morgan fingerprint density at radius 1 is 1.37 bits per heavy atom. The molecule has 1 aromatic carbocycles. The van der Waals surface area contributed by atoms with E-state index in [0.29, 0.717) is 25.1 Å². The van der Waals surface area contributed by atoms with Gasteiger partial charge >= 0.3 is 5.97 Å². The minimum Gasteiger partial charge on any atom is -0.466 e. The second-order valence-electron chi connectivity index (χ2n) is 4.40. The maximum absolute atomic E-state index is 12.8. The highest BCUT2D eigenvalue weighted by atomic mass is 19.1. The monoisotopic (exact) mass is 265 g/mol. The van der Waals surface area contributed by atoms with Crippen molar-refractivity contribution < 1.29 is 13.9 Å². The first kappa shape index (κ1) is 15.4. The zero-order chi connectivity index (χ0) is 14.3. The molecule has 0 radical (unpaired) electrons. The van der Waals surface area contributed by atoms with Crippen molar-refractivity contribution in [1.82, 2.24) is 4.90 Å². The van der Waals surface area contributed by atoms with Crippen LogP contribution in [0.1, 0.15) is 18.9 Å². The molecular formula is C15H20FNO2. The third kappa shape index (κ3) is 5.22. The Morgan fingerprint density at radius 2 is 2.00 bits per heavy atom. The van der Waals surface area contributed by atoms with Crippen LogP contribution in [0.15, 0.2) is 35.9 Å². The zero-order valence-corrected chi connectivity index (χ0v) is 11.6. The molecule has 0 aliphatic carbocycles. The van der Waals surface area contributed by atoms with Crippen molar-refractivity contribution >= 4 is 5.97 Å². The van der Waals surface area contributed by atoms with Crippen molar-refractivity contribution in [2.45, 2.75) is 19.9 Å². The Bertz CT molecular complexity index is 440. The summed E-state index contributed by atoms with van der Waals surface area (Å²) in [6.45, 7) is 3.27. The van der Waals surface area contributed by atoms with E-state index in [1.54, 1.807) is 12.1 Å². The Labute approximate surface area is 113 Å². The van der Waals surface area contributed by atoms with Crippen molar-refractivity contribution in [2.75, 3.05) is 20.7 Å². The van der Waals surface area contributed by atoms with Crippen LogP contribution in [0.4, 0.5) is 4.39 Å². The van der Waals surface area contributed by atoms with Gasteiger partial charge in [0.2, 0.25) is 0 Å². The van der Waals surface area contributed by atoms with Crippen molar-refractivity contribution in [1.29, 1.82) is 0 Å². The summed E-state index contributed by atoms with van der Waals surface area (Å²) < 4.78 is 17.5. The highest BCUT2D eigenvalue weighted by Gasteiger charge is 2.07. The predicted molar refractivity (Wildman–Crippen MR) is 73.1 cm³/mol. The SMILES string of the molecule is CCC(=CCN(C)Cc1ccc(F)cc1)C(=O)OC. The standard InChI is InChI=1S/C15H20FNO2/c1-4-13(15(18)19-3)9-10-17(2)11-12-5-7-14(16)8-6-12/h5-9H,4,10-11H2,1-3H3. The van der Waals surface area contributed by atoms with Crippen molar-refractivity contribution in [3.63, 3.8) is 0 Å². The normalized spacial score (nSPS) is 11.7. The summed E-state index contributed by atoms with van der Waals surface area (Å²) in [7, 11) is 3.33. The first-order valence-corrected chi connectivity index (χ1v) is 6.27. The number of hydrogen-bond donors (Lipinski definition) is 0. The highest BCUT2D eigenvalue weighted by molar-refractivity contribution is 5.88. The Morgan fingerprint density at radius 3 is 2.53 bits per heavy atom. The van der Waals surface area contributed by atoms with Crippen molar-refractivity contribution in [3.05, 3.63) is 47.3 Å². The molecule has 3 nitrogen and oxygen atoms in total. The molecule has 0 unspecified atom stereocenters. The summed E-state index contributed by atoms with van der Waals surface area (Å²) in [5, 5.41) is 0. The van der Waals surface area contributed by atoms with E-state index in [1.807, 2.05) is 24.9 Å². The molecular weight excluding hydrogens is 245 g/mol. The van der Waals surface area contributed by atoms with Crippen LogP contribution in [0, 0.1) is 5.82 Å². The first-order chi connectivity index (χ1) is 9.06. The summed E-state index contributed by atoms with van der Waals surface area (Å²) in [6.07, 6.45) is 2.52. The number of nitrogens with zero attached hydrogens (tertiary/aromatic N) is 1. The lowest BCUT2D eigenvalue weighted by Crippen LogP contribution is -2.19. The average Bonchev–Trinajstić information content (AvgIpc) is 2.41. The van der Waals surface area contributed by atoms with Crippen molar-refractivity contribution in [2.24, 2.45) is 0 Å². The van der Waals surface area contributed by atoms with E-state index in [2.05, 4.69) is 0 Å². The summed E-state index contributed by atoms with van der Waals surface area (Å²) in [4.78, 5) is 13.4. The van der Waals surface area contributed by atoms with Crippen LogP contribution in [0.25, 0.3) is 0 Å². The van der Waals surface area contributed by atoms with E-state index in [4.69, 9.17) is 4.74 Å². The number of carbonyl (C=O) groups excluding carboxylic acids is 1. The molecule has 0 bridgehead atoms. The molecule has 0 aromatic heterocycles. The lowest BCUT2D eigenvalue weighted by molar-refractivity contribution is -0.136. The molecule has 0 saturated heterocycles. The number of esters is 1. The van der Waals surface area contributed by atoms with Crippen LogP contribution in [0.5, 0.6) is 0 Å². The van der Waals surface area contributed by atoms with Gasteiger partial charge in [-0.25, -0.2) is 9.18 Å². The van der Waals surface area contributed by atoms with E-state index >= 15 is 0 Å². The smallest absolute Gasteiger partial charge is 0.333 e. The summed E-state index contributed by atoms with van der Waals surface area (Å²) in [5.74, 6) is -0.511. The molecule has 0 N–H and O–H groups in total. The predicted octanol–water partition coefficient (Wildman–Crippen LogP) is 2.77. The molecule has 0 heterocycles. The summed E-state index contributed by atoms with van der Waals surface area (Å²) in [5.41, 5.74) is 1.71. The molecule has 0 saturated carbocycles. The van der Waals surface area contributed by atoms with Gasteiger partial charge in [0.05, 0.1) is 7.11 Å². The van der Waals surface area contributed by atoms with Crippen LogP contribution in [-0.2, 0) is 16.1 Å². The highest BCUT2D eigenvalue weighted by Crippen LogP contribution is 2.07. The van der Waals surface area contributed by atoms with Crippen LogP contribution in [0.3, 0.4) is 0 Å². The number of rotatable bonds is 6. The number of halogens is 1. The number of hydrogen-bond acceptors (Lipinski definition) is 3. The minimum atomic E-state index is -0.280. The average molecular weight is 265 g/mol. The Hall–Kier alpha value is -1.68. The maximum Gasteiger partial charge on any atom is 0.333 e. The van der Waals surface area contributed by atoms with E-state index in [-0.39, 0.29) is 11.8 Å². The van der Waals surface area contributed by atoms with Gasteiger partial charge < -0.3 is 4.74 Å². The van der Waals surface area contributed by atoms with E-state index < -0.39 is 0 Å². The number of ether oxygens (including phenoxy) is 1. The van der Waals surface area contributed by atoms with Gasteiger partial charge in [-0.1, -0.05) is 25.1 Å². The molecule has 0 amide bonds. The molecule has 4 heteroatoms. The van der Waals surface area contributed by atoms with Gasteiger partial charge in [0, 0.05) is 18.7 Å². The van der Waals surface area contributed by atoms with Gasteiger partial charge in [0.1, 0.15) is 5.82 Å². The fourth-order valence-corrected chi connectivity index (χ4v) is 1.74. The lowest BCUT2D eigenvalue weighted by Gasteiger charge is -2.15. The number of benzene rings is 1. The fourth-order valence-electron chi connectivity index (χ4n) is 1.74. The molecule has 1 aromatic rings. The van der Waals surface area contributed by atoms with Gasteiger partial charge in [0.15, 0.2) is 0 Å². The summed E-state index contributed by atoms with van der Waals surface area (Å²) in [6, 6.07) is 6.42. The lowest BCUT2D eigenvalue weighted by atomic mass is 10.2. The van der Waals surface area contributed by atoms with Crippen molar-refractivity contribution in [3.8, 4) is 0 Å². The minimum absolute atomic E-state index is 0.231. The number of methoxy groups -OCH3 is 1. The maximum atomic E-state index is 12.8. The molecule has 1 rings (SSSR count). The molecule has 0 aliphatic rings. The van der Waals surface area contributed by atoms with Gasteiger partial charge in [-0.3, -0.25) is 4.90 Å². The largest absolute Gasteiger partial charge is 0.466 e. The topological polar surface area (TPSA) is 29.5 Å². The number of likely N-dealkylation sites (N-methyl/N-ethyl adjacent to an activating group) is 1. The molecule has 0 fully saturated rings. The molecule has 0 aliphatic heterocycles. The molecule has 104 valence electrons. The number of carbonyl (C=O) groups is 1. The third-order valence-corrected chi connectivity index (χ3v) is 2.84. The van der Waals surface area contributed by atoms with E-state index in [0.717, 1.165) is 5.56 Å². The fraction of sp³-hybridized carbons (Fsp3) is 0.400. The third-order valence-electron chi connectivity index (χ3n) is 2.84. The zero-order valence-electron chi connectivity index (χ0n) is 11.6. The van der Waals surface area contributed by atoms with Crippen LogP contribution >= 0.6 is 0 Å². The van der Waals surface area contributed by atoms with E-state index in [1.165, 1.54) is 19.2 Å².